The number of halogens is 2. The number of rotatable bonds is 12. The zero-order chi connectivity index (χ0) is 33.4. The van der Waals surface area contributed by atoms with Gasteiger partial charge in [0.25, 0.3) is 10.0 Å². The van der Waals surface area contributed by atoms with Crippen molar-refractivity contribution in [1.82, 2.24) is 10.2 Å². The van der Waals surface area contributed by atoms with Crippen LogP contribution in [0.2, 0.25) is 0 Å². The summed E-state index contributed by atoms with van der Waals surface area (Å²) in [4.78, 5) is 30.5. The summed E-state index contributed by atoms with van der Waals surface area (Å²) in [5, 5.41) is 3.24. The summed E-state index contributed by atoms with van der Waals surface area (Å²) >= 11 is 6.91. The molecule has 7 nitrogen and oxygen atoms in total. The molecule has 0 radical (unpaired) electrons. The van der Waals surface area contributed by atoms with Crippen molar-refractivity contribution in [3.63, 3.8) is 0 Å². The Morgan fingerprint density at radius 3 is 2.00 bits per heavy atom. The number of amides is 2. The zero-order valence-electron chi connectivity index (χ0n) is 26.3. The van der Waals surface area contributed by atoms with Crippen LogP contribution in [0, 0.1) is 6.92 Å². The van der Waals surface area contributed by atoms with Crippen LogP contribution >= 0.6 is 31.9 Å². The van der Waals surface area contributed by atoms with Gasteiger partial charge in [-0.15, -0.1) is 0 Å². The van der Waals surface area contributed by atoms with E-state index in [0.29, 0.717) is 5.69 Å². The fraction of sp³-hybridized carbons (Fsp3) is 0.297. The smallest absolute Gasteiger partial charge is 0.264 e. The number of nitrogens with one attached hydrogen (secondary N) is 1. The van der Waals surface area contributed by atoms with E-state index in [0.717, 1.165) is 62.0 Å². The Hall–Kier alpha value is -3.47. The molecule has 1 atom stereocenters. The molecule has 47 heavy (non-hydrogen) atoms. The van der Waals surface area contributed by atoms with Crippen LogP contribution in [-0.4, -0.2) is 43.8 Å². The fourth-order valence-corrected chi connectivity index (χ4v) is 7.80. The number of hydrogen-bond acceptors (Lipinski definition) is 4. The molecular formula is C37H39Br2N3O4S. The van der Waals surface area contributed by atoms with E-state index in [-0.39, 0.29) is 29.8 Å². The van der Waals surface area contributed by atoms with Gasteiger partial charge in [0.1, 0.15) is 12.6 Å². The molecule has 0 aromatic heterocycles. The lowest BCUT2D eigenvalue weighted by Crippen LogP contribution is -2.55. The quantitative estimate of drug-likeness (QED) is 0.159. The Morgan fingerprint density at radius 1 is 0.787 bits per heavy atom. The van der Waals surface area contributed by atoms with Crippen LogP contribution in [0.15, 0.2) is 117 Å². The molecule has 2 amide bonds. The Bertz CT molecular complexity index is 1740. The lowest BCUT2D eigenvalue weighted by atomic mass is 9.94. The molecule has 0 bridgehead atoms. The van der Waals surface area contributed by atoms with Gasteiger partial charge in [0.05, 0.1) is 10.6 Å². The van der Waals surface area contributed by atoms with Gasteiger partial charge in [-0.1, -0.05) is 111 Å². The van der Waals surface area contributed by atoms with Crippen LogP contribution in [-0.2, 0) is 32.6 Å². The monoisotopic (exact) mass is 779 g/mol. The van der Waals surface area contributed by atoms with Crippen molar-refractivity contribution in [3.05, 3.63) is 129 Å². The third kappa shape index (κ3) is 9.33. The molecule has 10 heteroatoms. The highest BCUT2D eigenvalue weighted by Gasteiger charge is 2.35. The van der Waals surface area contributed by atoms with Crippen LogP contribution in [0.1, 0.15) is 48.8 Å². The van der Waals surface area contributed by atoms with Crippen LogP contribution in [0.25, 0.3) is 0 Å². The molecule has 0 unspecified atom stereocenters. The van der Waals surface area contributed by atoms with Gasteiger partial charge >= 0.3 is 0 Å². The maximum Gasteiger partial charge on any atom is 0.264 e. The van der Waals surface area contributed by atoms with E-state index in [2.05, 4.69) is 37.2 Å². The van der Waals surface area contributed by atoms with E-state index in [1.54, 1.807) is 53.4 Å². The molecule has 1 aliphatic rings. The van der Waals surface area contributed by atoms with E-state index >= 15 is 0 Å². The highest BCUT2D eigenvalue weighted by atomic mass is 79.9. The lowest BCUT2D eigenvalue weighted by Gasteiger charge is -2.35. The van der Waals surface area contributed by atoms with Gasteiger partial charge in [-0.25, -0.2) is 8.42 Å². The molecule has 1 aliphatic carbocycles. The highest BCUT2D eigenvalue weighted by molar-refractivity contribution is 9.10. The van der Waals surface area contributed by atoms with Crippen molar-refractivity contribution in [3.8, 4) is 0 Å². The van der Waals surface area contributed by atoms with E-state index in [9.17, 15) is 18.0 Å². The number of hydrogen-bond donors (Lipinski definition) is 1. The molecule has 1 N–H and O–H groups in total. The summed E-state index contributed by atoms with van der Waals surface area (Å²) in [6.45, 7) is 1.52. The molecule has 5 rings (SSSR count). The third-order valence-corrected chi connectivity index (χ3v) is 11.3. The van der Waals surface area contributed by atoms with Crippen LogP contribution in [0.3, 0.4) is 0 Å². The Balaban J connectivity index is 1.55. The average Bonchev–Trinajstić information content (AvgIpc) is 3.07. The molecule has 0 aliphatic heterocycles. The van der Waals surface area contributed by atoms with Gasteiger partial charge in [0.2, 0.25) is 11.8 Å². The van der Waals surface area contributed by atoms with E-state index < -0.39 is 28.5 Å². The van der Waals surface area contributed by atoms with Gasteiger partial charge in [0, 0.05) is 28.0 Å². The molecule has 0 spiro atoms. The van der Waals surface area contributed by atoms with E-state index in [1.807, 2.05) is 61.5 Å². The average molecular weight is 782 g/mol. The van der Waals surface area contributed by atoms with Crippen LogP contribution < -0.4 is 9.62 Å². The number of sulfonamides is 1. The maximum atomic E-state index is 14.6. The topological polar surface area (TPSA) is 86.8 Å². The summed E-state index contributed by atoms with van der Waals surface area (Å²) in [7, 11) is -4.15. The molecule has 246 valence electrons. The Kier molecular flexibility index (Phi) is 11.9. The van der Waals surface area contributed by atoms with Gasteiger partial charge in [-0.2, -0.15) is 0 Å². The SMILES string of the molecule is Cc1ccc(S(=O)(=O)N(CC(=O)N(Cc2ccc(Br)cc2)[C@H](Cc2ccccc2)C(=O)NC2CCCCC2)c2ccc(Br)cc2)cc1. The first-order chi connectivity index (χ1) is 22.6. The number of carbonyl (C=O) groups is 2. The van der Waals surface area contributed by atoms with Gasteiger partial charge in [-0.3, -0.25) is 13.9 Å². The number of nitrogens with zero attached hydrogens (tertiary/aromatic N) is 2. The Labute approximate surface area is 294 Å². The zero-order valence-corrected chi connectivity index (χ0v) is 30.3. The van der Waals surface area contributed by atoms with Crippen molar-refractivity contribution in [2.75, 3.05) is 10.8 Å². The maximum absolute atomic E-state index is 14.6. The van der Waals surface area contributed by atoms with E-state index in [1.165, 1.54) is 0 Å². The minimum Gasteiger partial charge on any atom is -0.352 e. The molecule has 1 fully saturated rings. The lowest BCUT2D eigenvalue weighted by molar-refractivity contribution is -0.140. The molecule has 0 saturated heterocycles. The Morgan fingerprint density at radius 2 is 1.38 bits per heavy atom. The molecule has 1 saturated carbocycles. The predicted octanol–water partition coefficient (Wildman–Crippen LogP) is 7.80. The standard InChI is InChI=1S/C37H39Br2N3O4S/c1-27-12-22-34(23-13-27)47(45,46)42(33-20-18-31(39)19-21-33)26-36(43)41(25-29-14-16-30(38)17-15-29)35(24-28-8-4-2-5-9-28)37(44)40-32-10-6-3-7-11-32/h2,4-5,8-9,12-23,32,35H,3,6-7,10-11,24-26H2,1H3,(H,40,44)/t35-/m1/s1. The van der Waals surface area contributed by atoms with Crippen molar-refractivity contribution in [2.45, 2.75) is 69.0 Å². The fourth-order valence-electron chi connectivity index (χ4n) is 5.86. The van der Waals surface area contributed by atoms with Crippen molar-refractivity contribution < 1.29 is 18.0 Å². The predicted molar refractivity (Wildman–Crippen MR) is 193 cm³/mol. The third-order valence-electron chi connectivity index (χ3n) is 8.49. The summed E-state index contributed by atoms with van der Waals surface area (Å²) in [6, 6.07) is 29.8. The first-order valence-electron chi connectivity index (χ1n) is 15.8. The second-order valence-electron chi connectivity index (χ2n) is 12.0. The number of benzene rings is 4. The normalized spacial score (nSPS) is 14.3. The summed E-state index contributed by atoms with van der Waals surface area (Å²) in [6.07, 6.45) is 5.33. The molecule has 4 aromatic rings. The van der Waals surface area contributed by atoms with Gasteiger partial charge in [0.15, 0.2) is 0 Å². The highest BCUT2D eigenvalue weighted by Crippen LogP contribution is 2.27. The molecule has 0 heterocycles. The van der Waals surface area contributed by atoms with Crippen molar-refractivity contribution in [2.24, 2.45) is 0 Å². The second-order valence-corrected chi connectivity index (χ2v) is 15.7. The first-order valence-corrected chi connectivity index (χ1v) is 18.9. The molecular weight excluding hydrogens is 742 g/mol. The minimum absolute atomic E-state index is 0.0420. The minimum atomic E-state index is -4.15. The summed E-state index contributed by atoms with van der Waals surface area (Å²) < 4.78 is 31.2. The number of anilines is 1. The first kappa shape index (κ1) is 34.9. The summed E-state index contributed by atoms with van der Waals surface area (Å²) in [5.74, 6) is -0.714. The van der Waals surface area contributed by atoms with E-state index in [4.69, 9.17) is 0 Å². The van der Waals surface area contributed by atoms with Gasteiger partial charge in [-0.05, 0) is 79.4 Å². The number of carbonyl (C=O) groups excluding carboxylic acids is 2. The van der Waals surface area contributed by atoms with Crippen molar-refractivity contribution >= 4 is 59.4 Å². The van der Waals surface area contributed by atoms with Gasteiger partial charge < -0.3 is 10.2 Å². The number of aryl methyl sites for hydroxylation is 1. The van der Waals surface area contributed by atoms with Crippen LogP contribution in [0.4, 0.5) is 5.69 Å². The largest absolute Gasteiger partial charge is 0.352 e. The summed E-state index contributed by atoms with van der Waals surface area (Å²) in [5.41, 5.74) is 2.99. The van der Waals surface area contributed by atoms with Crippen LogP contribution in [0.5, 0.6) is 0 Å². The molecule has 4 aromatic carbocycles. The van der Waals surface area contributed by atoms with Crippen molar-refractivity contribution in [1.29, 1.82) is 0 Å². The second kappa shape index (κ2) is 16.1.